The fourth-order valence-corrected chi connectivity index (χ4v) is 1.77. The van der Waals surface area contributed by atoms with Gasteiger partial charge in [-0.25, -0.2) is 10.8 Å². The number of benzene rings is 1. The Bertz CT molecular complexity index is 599. The number of carbonyl (C=O) groups excluding carboxylic acids is 1. The van der Waals surface area contributed by atoms with Crippen LogP contribution in [0.3, 0.4) is 0 Å². The van der Waals surface area contributed by atoms with Gasteiger partial charge in [-0.1, -0.05) is 25.1 Å². The summed E-state index contributed by atoms with van der Waals surface area (Å²) in [5, 5.41) is 0. The highest BCUT2D eigenvalue weighted by molar-refractivity contribution is 5.91. The Morgan fingerprint density at radius 3 is 2.85 bits per heavy atom. The lowest BCUT2D eigenvalue weighted by Gasteiger charge is -2.08. The van der Waals surface area contributed by atoms with Crippen molar-refractivity contribution in [3.8, 4) is 5.75 Å². The number of rotatable bonds is 5. The Labute approximate surface area is 117 Å². The van der Waals surface area contributed by atoms with E-state index in [1.54, 1.807) is 18.2 Å². The molecule has 5 nitrogen and oxygen atoms in total. The Hall–Kier alpha value is -2.40. The molecule has 2 aromatic rings. The lowest BCUT2D eigenvalue weighted by atomic mass is 10.2. The van der Waals surface area contributed by atoms with Crippen molar-refractivity contribution >= 4 is 5.91 Å². The molecule has 0 saturated heterocycles. The van der Waals surface area contributed by atoms with Gasteiger partial charge in [-0.05, 0) is 36.2 Å². The first-order valence-corrected chi connectivity index (χ1v) is 6.41. The van der Waals surface area contributed by atoms with E-state index in [1.807, 2.05) is 18.2 Å². The van der Waals surface area contributed by atoms with E-state index in [0.29, 0.717) is 12.3 Å². The second-order valence-corrected chi connectivity index (χ2v) is 4.28. The highest BCUT2D eigenvalue weighted by atomic mass is 16.5. The van der Waals surface area contributed by atoms with Gasteiger partial charge in [0.2, 0.25) is 0 Å². The third-order valence-corrected chi connectivity index (χ3v) is 2.86. The summed E-state index contributed by atoms with van der Waals surface area (Å²) in [5.74, 6) is 5.46. The third-order valence-electron chi connectivity index (χ3n) is 2.86. The van der Waals surface area contributed by atoms with Gasteiger partial charge in [-0.15, -0.1) is 0 Å². The number of nitrogen functional groups attached to an aromatic ring is 1. The zero-order valence-electron chi connectivity index (χ0n) is 11.3. The lowest BCUT2D eigenvalue weighted by Crippen LogP contribution is -2.30. The number of nitrogens with zero attached hydrogens (tertiary/aromatic N) is 1. The maximum Gasteiger partial charge on any atom is 0.283 e. The van der Waals surface area contributed by atoms with Crippen molar-refractivity contribution in [2.24, 2.45) is 5.84 Å². The number of hydrazine groups is 1. The second kappa shape index (κ2) is 6.68. The van der Waals surface area contributed by atoms with E-state index >= 15 is 0 Å². The molecule has 20 heavy (non-hydrogen) atoms. The van der Waals surface area contributed by atoms with Crippen LogP contribution in [0, 0.1) is 0 Å². The SMILES string of the molecule is CCc1cccc(OCc2cccc(C(=O)NN)n2)c1. The van der Waals surface area contributed by atoms with Crippen molar-refractivity contribution < 1.29 is 9.53 Å². The number of nitrogens with two attached hydrogens (primary N) is 1. The van der Waals surface area contributed by atoms with Gasteiger partial charge in [0.15, 0.2) is 0 Å². The molecule has 0 bridgehead atoms. The van der Waals surface area contributed by atoms with Crippen LogP contribution < -0.4 is 16.0 Å². The van der Waals surface area contributed by atoms with Gasteiger partial charge in [0, 0.05) is 0 Å². The fourth-order valence-electron chi connectivity index (χ4n) is 1.77. The smallest absolute Gasteiger partial charge is 0.283 e. The van der Waals surface area contributed by atoms with E-state index in [4.69, 9.17) is 10.6 Å². The molecular formula is C15H17N3O2. The number of pyridine rings is 1. The normalized spacial score (nSPS) is 10.1. The molecule has 0 aliphatic rings. The summed E-state index contributed by atoms with van der Waals surface area (Å²) in [6.45, 7) is 2.40. The van der Waals surface area contributed by atoms with Gasteiger partial charge in [-0.3, -0.25) is 10.2 Å². The van der Waals surface area contributed by atoms with Crippen molar-refractivity contribution in [1.29, 1.82) is 0 Å². The molecule has 1 heterocycles. The Morgan fingerprint density at radius 1 is 1.30 bits per heavy atom. The maximum atomic E-state index is 11.4. The van der Waals surface area contributed by atoms with Crippen LogP contribution in [-0.2, 0) is 13.0 Å². The number of carbonyl (C=O) groups is 1. The molecule has 0 aliphatic heterocycles. The van der Waals surface area contributed by atoms with E-state index in [1.165, 1.54) is 5.56 Å². The molecule has 1 amide bonds. The molecular weight excluding hydrogens is 254 g/mol. The molecule has 1 aromatic carbocycles. The van der Waals surface area contributed by atoms with Gasteiger partial charge in [0.1, 0.15) is 18.1 Å². The average molecular weight is 271 g/mol. The fraction of sp³-hybridized carbons (Fsp3) is 0.200. The van der Waals surface area contributed by atoms with Gasteiger partial charge in [0.05, 0.1) is 5.69 Å². The summed E-state index contributed by atoms with van der Waals surface area (Å²) in [7, 11) is 0. The molecule has 0 unspecified atom stereocenters. The van der Waals surface area contributed by atoms with Gasteiger partial charge in [-0.2, -0.15) is 0 Å². The highest BCUT2D eigenvalue weighted by Gasteiger charge is 2.06. The summed E-state index contributed by atoms with van der Waals surface area (Å²) in [4.78, 5) is 15.6. The topological polar surface area (TPSA) is 77.2 Å². The van der Waals surface area contributed by atoms with Crippen molar-refractivity contribution in [1.82, 2.24) is 10.4 Å². The highest BCUT2D eigenvalue weighted by Crippen LogP contribution is 2.15. The molecule has 0 fully saturated rings. The number of aryl methyl sites for hydroxylation is 1. The first-order chi connectivity index (χ1) is 9.72. The van der Waals surface area contributed by atoms with E-state index in [9.17, 15) is 4.79 Å². The van der Waals surface area contributed by atoms with Crippen LogP contribution in [0.25, 0.3) is 0 Å². The predicted octanol–water partition coefficient (Wildman–Crippen LogP) is 1.83. The quantitative estimate of drug-likeness (QED) is 0.494. The van der Waals surface area contributed by atoms with E-state index in [0.717, 1.165) is 12.2 Å². The van der Waals surface area contributed by atoms with Crippen LogP contribution in [0.1, 0.15) is 28.7 Å². The molecule has 0 aliphatic carbocycles. The van der Waals surface area contributed by atoms with E-state index < -0.39 is 5.91 Å². The van der Waals surface area contributed by atoms with Crippen LogP contribution in [0.4, 0.5) is 0 Å². The minimum absolute atomic E-state index is 0.274. The largest absolute Gasteiger partial charge is 0.487 e. The van der Waals surface area contributed by atoms with Crippen LogP contribution in [0.15, 0.2) is 42.5 Å². The standard InChI is InChI=1S/C15H17N3O2/c1-2-11-5-3-7-13(9-11)20-10-12-6-4-8-14(17-12)15(19)18-16/h3-9H,2,10,16H2,1H3,(H,18,19). The van der Waals surface area contributed by atoms with Gasteiger partial charge >= 0.3 is 0 Å². The third kappa shape index (κ3) is 3.55. The zero-order valence-corrected chi connectivity index (χ0v) is 11.3. The Balaban J connectivity index is 2.05. The monoisotopic (exact) mass is 271 g/mol. The van der Waals surface area contributed by atoms with Crippen LogP contribution in [-0.4, -0.2) is 10.9 Å². The first-order valence-electron chi connectivity index (χ1n) is 6.41. The van der Waals surface area contributed by atoms with E-state index in [2.05, 4.69) is 23.4 Å². The van der Waals surface area contributed by atoms with Crippen LogP contribution >= 0.6 is 0 Å². The van der Waals surface area contributed by atoms with Crippen LogP contribution in [0.5, 0.6) is 5.75 Å². The molecule has 0 saturated carbocycles. The maximum absolute atomic E-state index is 11.4. The van der Waals surface area contributed by atoms with Gasteiger partial charge in [0.25, 0.3) is 5.91 Å². The molecule has 3 N–H and O–H groups in total. The summed E-state index contributed by atoms with van der Waals surface area (Å²) >= 11 is 0. The number of nitrogens with one attached hydrogen (secondary N) is 1. The number of hydrogen-bond acceptors (Lipinski definition) is 4. The first kappa shape index (κ1) is 14.0. The number of amides is 1. The number of hydrogen-bond donors (Lipinski definition) is 2. The van der Waals surface area contributed by atoms with Crippen molar-refractivity contribution in [2.45, 2.75) is 20.0 Å². The zero-order chi connectivity index (χ0) is 14.4. The molecule has 1 aromatic heterocycles. The lowest BCUT2D eigenvalue weighted by molar-refractivity contribution is 0.0948. The molecule has 2 rings (SSSR count). The molecule has 0 spiro atoms. The predicted molar refractivity (Wildman–Crippen MR) is 76.0 cm³/mol. The minimum atomic E-state index is -0.417. The number of ether oxygens (including phenoxy) is 1. The second-order valence-electron chi connectivity index (χ2n) is 4.28. The van der Waals surface area contributed by atoms with Crippen molar-refractivity contribution in [3.63, 3.8) is 0 Å². The average Bonchev–Trinajstić information content (AvgIpc) is 2.52. The Kier molecular flexibility index (Phi) is 4.68. The Morgan fingerprint density at radius 2 is 2.10 bits per heavy atom. The summed E-state index contributed by atoms with van der Waals surface area (Å²) in [6, 6.07) is 13.1. The molecule has 0 radical (unpaired) electrons. The van der Waals surface area contributed by atoms with E-state index in [-0.39, 0.29) is 5.69 Å². The van der Waals surface area contributed by atoms with Crippen molar-refractivity contribution in [2.75, 3.05) is 0 Å². The van der Waals surface area contributed by atoms with Crippen molar-refractivity contribution in [3.05, 3.63) is 59.4 Å². The molecule has 104 valence electrons. The molecule has 5 heteroatoms. The summed E-state index contributed by atoms with van der Waals surface area (Å²) in [6.07, 6.45) is 0.960. The minimum Gasteiger partial charge on any atom is -0.487 e. The summed E-state index contributed by atoms with van der Waals surface area (Å²) in [5.41, 5.74) is 4.22. The number of aromatic nitrogens is 1. The molecule has 0 atom stereocenters. The van der Waals surface area contributed by atoms with Gasteiger partial charge < -0.3 is 4.74 Å². The van der Waals surface area contributed by atoms with Crippen LogP contribution in [0.2, 0.25) is 0 Å². The summed E-state index contributed by atoms with van der Waals surface area (Å²) < 4.78 is 5.68.